The fraction of sp³-hybridized carbons (Fsp3) is 0.200. The van der Waals surface area contributed by atoms with Gasteiger partial charge < -0.3 is 10.8 Å². The second-order valence-corrected chi connectivity index (χ2v) is 4.75. The molecule has 0 fully saturated rings. The third-order valence-corrected chi connectivity index (χ3v) is 3.18. The number of carboxylic acid groups (broad SMARTS) is 1. The minimum absolute atomic E-state index is 0.0335. The Morgan fingerprint density at radius 2 is 1.95 bits per heavy atom. The molecule has 0 aliphatic rings. The lowest BCUT2D eigenvalue weighted by molar-refractivity contribution is -0.141. The number of benzene rings is 2. The van der Waals surface area contributed by atoms with Crippen molar-refractivity contribution in [3.8, 4) is 0 Å². The molecule has 4 N–H and O–H groups in total. The van der Waals surface area contributed by atoms with Crippen molar-refractivity contribution in [3.05, 3.63) is 47.5 Å². The van der Waals surface area contributed by atoms with E-state index in [4.69, 9.17) is 16.2 Å². The second-order valence-electron chi connectivity index (χ2n) is 4.75. The molecule has 98 valence electrons. The van der Waals surface area contributed by atoms with E-state index in [9.17, 15) is 4.79 Å². The fourth-order valence-corrected chi connectivity index (χ4v) is 2.03. The Morgan fingerprint density at radius 1 is 1.26 bits per heavy atom. The quantitative estimate of drug-likeness (QED) is 0.579. The van der Waals surface area contributed by atoms with Crippen LogP contribution in [0.15, 0.2) is 36.4 Å². The van der Waals surface area contributed by atoms with Crippen molar-refractivity contribution in [2.75, 3.05) is 0 Å². The van der Waals surface area contributed by atoms with Crippen LogP contribution < -0.4 is 5.73 Å². The first-order chi connectivity index (χ1) is 8.97. The number of carbonyl (C=O) groups is 1. The molecule has 0 aromatic heterocycles. The maximum absolute atomic E-state index is 10.9. The van der Waals surface area contributed by atoms with E-state index in [0.29, 0.717) is 12.0 Å². The number of carboxylic acids is 1. The molecule has 0 saturated heterocycles. The summed E-state index contributed by atoms with van der Waals surface area (Å²) >= 11 is 0. The topological polar surface area (TPSA) is 87.2 Å². The first-order valence-corrected chi connectivity index (χ1v) is 6.07. The molecule has 0 aliphatic carbocycles. The number of rotatable bonds is 4. The van der Waals surface area contributed by atoms with Crippen LogP contribution in [-0.2, 0) is 11.2 Å². The van der Waals surface area contributed by atoms with Gasteiger partial charge in [0.15, 0.2) is 0 Å². The Kier molecular flexibility index (Phi) is 3.51. The summed E-state index contributed by atoms with van der Waals surface area (Å²) in [6.07, 6.45) is 0.496. The summed E-state index contributed by atoms with van der Waals surface area (Å²) in [5.74, 6) is -1.17. The van der Waals surface area contributed by atoms with Gasteiger partial charge in [0.05, 0.1) is 5.92 Å². The summed E-state index contributed by atoms with van der Waals surface area (Å²) in [4.78, 5) is 10.9. The van der Waals surface area contributed by atoms with Crippen molar-refractivity contribution < 1.29 is 9.90 Å². The molecule has 0 saturated carbocycles. The summed E-state index contributed by atoms with van der Waals surface area (Å²) in [5.41, 5.74) is 7.12. The van der Waals surface area contributed by atoms with Gasteiger partial charge in [-0.1, -0.05) is 37.3 Å². The average molecular weight is 256 g/mol. The van der Waals surface area contributed by atoms with Crippen molar-refractivity contribution in [2.24, 2.45) is 11.7 Å². The summed E-state index contributed by atoms with van der Waals surface area (Å²) in [6.45, 7) is 1.69. The number of aliphatic carboxylic acids is 1. The van der Waals surface area contributed by atoms with E-state index in [1.165, 1.54) is 0 Å². The van der Waals surface area contributed by atoms with E-state index < -0.39 is 11.9 Å². The van der Waals surface area contributed by atoms with E-state index in [2.05, 4.69) is 0 Å². The maximum Gasteiger partial charge on any atom is 0.306 e. The number of hydrogen-bond donors (Lipinski definition) is 3. The first kappa shape index (κ1) is 13.1. The predicted molar refractivity (Wildman–Crippen MR) is 75.5 cm³/mol. The Bertz CT molecular complexity index is 650. The molecule has 4 heteroatoms. The molecular formula is C15H16N2O2. The highest BCUT2D eigenvalue weighted by Gasteiger charge is 2.11. The van der Waals surface area contributed by atoms with Crippen LogP contribution in [0.25, 0.3) is 10.8 Å². The zero-order valence-electron chi connectivity index (χ0n) is 10.7. The lowest BCUT2D eigenvalue weighted by Crippen LogP contribution is -2.12. The SMILES string of the molecule is CC(Cc1ccc2ccc(C(=N)N)cc2c1)C(=O)O. The van der Waals surface area contributed by atoms with Crippen molar-refractivity contribution in [2.45, 2.75) is 13.3 Å². The molecule has 2 rings (SSSR count). The van der Waals surface area contributed by atoms with Crippen molar-refractivity contribution in [1.29, 1.82) is 5.41 Å². The van der Waals surface area contributed by atoms with Gasteiger partial charge in [-0.3, -0.25) is 10.2 Å². The van der Waals surface area contributed by atoms with Crippen LogP contribution in [0, 0.1) is 11.3 Å². The minimum Gasteiger partial charge on any atom is -0.481 e. The lowest BCUT2D eigenvalue weighted by atomic mass is 9.97. The van der Waals surface area contributed by atoms with E-state index in [-0.39, 0.29) is 5.84 Å². The smallest absolute Gasteiger partial charge is 0.306 e. The monoisotopic (exact) mass is 256 g/mol. The van der Waals surface area contributed by atoms with Crippen LogP contribution in [-0.4, -0.2) is 16.9 Å². The Labute approximate surface area is 111 Å². The third-order valence-electron chi connectivity index (χ3n) is 3.18. The van der Waals surface area contributed by atoms with E-state index in [1.54, 1.807) is 6.92 Å². The predicted octanol–water partition coefficient (Wildman–Crippen LogP) is 2.39. The number of nitrogens with two attached hydrogens (primary N) is 1. The van der Waals surface area contributed by atoms with Crippen LogP contribution >= 0.6 is 0 Å². The lowest BCUT2D eigenvalue weighted by Gasteiger charge is -2.08. The van der Waals surface area contributed by atoms with Gasteiger partial charge in [-0.15, -0.1) is 0 Å². The largest absolute Gasteiger partial charge is 0.481 e. The Morgan fingerprint density at radius 3 is 2.58 bits per heavy atom. The van der Waals surface area contributed by atoms with E-state index in [0.717, 1.165) is 16.3 Å². The highest BCUT2D eigenvalue weighted by molar-refractivity contribution is 5.99. The third kappa shape index (κ3) is 2.91. The number of nitrogen functional groups attached to an aromatic ring is 1. The summed E-state index contributed by atoms with van der Waals surface area (Å²) in [5, 5.41) is 18.4. The maximum atomic E-state index is 10.9. The molecule has 0 radical (unpaired) electrons. The Balaban J connectivity index is 2.38. The molecule has 0 heterocycles. The molecule has 2 aromatic rings. The molecular weight excluding hydrogens is 240 g/mol. The second kappa shape index (κ2) is 5.10. The van der Waals surface area contributed by atoms with E-state index in [1.807, 2.05) is 36.4 Å². The number of amidine groups is 1. The van der Waals surface area contributed by atoms with Crippen molar-refractivity contribution in [1.82, 2.24) is 0 Å². The van der Waals surface area contributed by atoms with Crippen LogP contribution in [0.2, 0.25) is 0 Å². The molecule has 0 amide bonds. The van der Waals surface area contributed by atoms with Gasteiger partial charge in [0.1, 0.15) is 5.84 Å². The number of fused-ring (bicyclic) bond motifs is 1. The molecule has 2 aromatic carbocycles. The number of hydrogen-bond acceptors (Lipinski definition) is 2. The average Bonchev–Trinajstić information content (AvgIpc) is 2.37. The summed E-state index contributed by atoms with van der Waals surface area (Å²) in [7, 11) is 0. The number of nitrogens with one attached hydrogen (secondary N) is 1. The minimum atomic E-state index is -0.794. The highest BCUT2D eigenvalue weighted by atomic mass is 16.4. The molecule has 0 spiro atoms. The summed E-state index contributed by atoms with van der Waals surface area (Å²) < 4.78 is 0. The highest BCUT2D eigenvalue weighted by Crippen LogP contribution is 2.19. The van der Waals surface area contributed by atoms with Gasteiger partial charge >= 0.3 is 5.97 Å². The van der Waals surface area contributed by atoms with Gasteiger partial charge in [0, 0.05) is 5.56 Å². The van der Waals surface area contributed by atoms with Crippen molar-refractivity contribution >= 4 is 22.6 Å². The zero-order valence-corrected chi connectivity index (χ0v) is 10.7. The zero-order chi connectivity index (χ0) is 14.0. The summed E-state index contributed by atoms with van der Waals surface area (Å²) in [6, 6.07) is 11.4. The van der Waals surface area contributed by atoms with Crippen LogP contribution in [0.1, 0.15) is 18.1 Å². The van der Waals surface area contributed by atoms with Gasteiger partial charge in [0.2, 0.25) is 0 Å². The normalized spacial score (nSPS) is 12.3. The van der Waals surface area contributed by atoms with Gasteiger partial charge in [-0.2, -0.15) is 0 Å². The van der Waals surface area contributed by atoms with Crippen LogP contribution in [0.4, 0.5) is 0 Å². The van der Waals surface area contributed by atoms with Crippen LogP contribution in [0.3, 0.4) is 0 Å². The standard InChI is InChI=1S/C15H16N2O2/c1-9(15(18)19)6-10-2-3-11-4-5-12(14(16)17)8-13(11)7-10/h2-5,7-9H,6H2,1H3,(H3,16,17)(H,18,19). The van der Waals surface area contributed by atoms with E-state index >= 15 is 0 Å². The molecule has 19 heavy (non-hydrogen) atoms. The van der Waals surface area contributed by atoms with Gasteiger partial charge in [0.25, 0.3) is 0 Å². The van der Waals surface area contributed by atoms with Crippen molar-refractivity contribution in [3.63, 3.8) is 0 Å². The first-order valence-electron chi connectivity index (χ1n) is 6.07. The van der Waals surface area contributed by atoms with Gasteiger partial charge in [-0.05, 0) is 28.8 Å². The molecule has 1 atom stereocenters. The molecule has 0 aliphatic heterocycles. The van der Waals surface area contributed by atoms with Gasteiger partial charge in [-0.25, -0.2) is 0 Å². The molecule has 1 unspecified atom stereocenters. The molecule has 0 bridgehead atoms. The fourth-order valence-electron chi connectivity index (χ4n) is 2.03. The molecule has 4 nitrogen and oxygen atoms in total. The van der Waals surface area contributed by atoms with Crippen LogP contribution in [0.5, 0.6) is 0 Å². The Hall–Kier alpha value is -2.36.